The molecule has 1 fully saturated rings. The van der Waals surface area contributed by atoms with Crippen LogP contribution in [0.3, 0.4) is 0 Å². The molecule has 1 unspecified atom stereocenters. The summed E-state index contributed by atoms with van der Waals surface area (Å²) >= 11 is 0. The average Bonchev–Trinajstić information content (AvgIpc) is 2.47. The largest absolute Gasteiger partial charge is 0.496 e. The molecule has 1 atom stereocenters. The quantitative estimate of drug-likeness (QED) is 0.864. The third-order valence-corrected chi connectivity index (χ3v) is 4.29. The molecule has 0 aromatic heterocycles. The molecule has 1 aromatic rings. The van der Waals surface area contributed by atoms with Gasteiger partial charge in [0.15, 0.2) is 0 Å². The van der Waals surface area contributed by atoms with E-state index in [4.69, 9.17) is 4.74 Å². The summed E-state index contributed by atoms with van der Waals surface area (Å²) in [4.78, 5) is 2.64. The maximum atomic E-state index is 5.52. The third kappa shape index (κ3) is 3.97. The maximum absolute atomic E-state index is 5.52. The molecule has 2 rings (SSSR count). The molecule has 0 saturated carbocycles. The number of ether oxygens (including phenoxy) is 1. The van der Waals surface area contributed by atoms with E-state index in [9.17, 15) is 0 Å². The second kappa shape index (κ2) is 7.65. The zero-order valence-electron chi connectivity index (χ0n) is 13.1. The molecular weight excluding hydrogens is 248 g/mol. The van der Waals surface area contributed by atoms with E-state index in [1.165, 1.54) is 43.4 Å². The van der Waals surface area contributed by atoms with Crippen LogP contribution in [-0.4, -0.2) is 38.2 Å². The minimum atomic E-state index is 0.710. The molecule has 0 amide bonds. The zero-order chi connectivity index (χ0) is 14.4. The van der Waals surface area contributed by atoms with E-state index in [1.807, 2.05) is 7.05 Å². The van der Waals surface area contributed by atoms with Crippen molar-refractivity contribution in [2.45, 2.75) is 45.2 Å². The predicted octanol–water partition coefficient (Wildman–Crippen LogP) is 2.97. The molecule has 1 aromatic carbocycles. The van der Waals surface area contributed by atoms with Gasteiger partial charge in [-0.05, 0) is 52.4 Å². The van der Waals surface area contributed by atoms with Crippen LogP contribution in [0.4, 0.5) is 0 Å². The van der Waals surface area contributed by atoms with Gasteiger partial charge in [0.25, 0.3) is 0 Å². The fraction of sp³-hybridized carbons (Fsp3) is 0.647. The predicted molar refractivity (Wildman–Crippen MR) is 84.3 cm³/mol. The molecule has 1 heterocycles. The Kier molecular flexibility index (Phi) is 5.86. The van der Waals surface area contributed by atoms with Crippen LogP contribution < -0.4 is 10.1 Å². The summed E-state index contributed by atoms with van der Waals surface area (Å²) in [5.41, 5.74) is 2.63. The number of methoxy groups -OCH3 is 1. The lowest BCUT2D eigenvalue weighted by molar-refractivity contribution is 0.131. The first-order valence-corrected chi connectivity index (χ1v) is 7.76. The summed E-state index contributed by atoms with van der Waals surface area (Å²) in [6.45, 7) is 5.48. The minimum absolute atomic E-state index is 0.710. The van der Waals surface area contributed by atoms with E-state index in [1.54, 1.807) is 7.11 Å². The summed E-state index contributed by atoms with van der Waals surface area (Å²) in [6.07, 6.45) is 5.26. The van der Waals surface area contributed by atoms with Crippen molar-refractivity contribution in [1.82, 2.24) is 10.2 Å². The Morgan fingerprint density at radius 1 is 1.35 bits per heavy atom. The number of rotatable bonds is 6. The van der Waals surface area contributed by atoms with Gasteiger partial charge in [-0.3, -0.25) is 4.90 Å². The highest BCUT2D eigenvalue weighted by molar-refractivity contribution is 5.36. The van der Waals surface area contributed by atoms with E-state index in [0.717, 1.165) is 18.8 Å². The molecular formula is C17H28N2O. The van der Waals surface area contributed by atoms with Crippen LogP contribution in [0.15, 0.2) is 18.2 Å². The van der Waals surface area contributed by atoms with Crippen LogP contribution in [0.5, 0.6) is 5.75 Å². The highest BCUT2D eigenvalue weighted by Gasteiger charge is 2.22. The van der Waals surface area contributed by atoms with E-state index in [-0.39, 0.29) is 0 Å². The Morgan fingerprint density at radius 2 is 2.20 bits per heavy atom. The lowest BCUT2D eigenvalue weighted by Crippen LogP contribution is -2.40. The highest BCUT2D eigenvalue weighted by Crippen LogP contribution is 2.26. The molecule has 3 heteroatoms. The van der Waals surface area contributed by atoms with Gasteiger partial charge in [0.05, 0.1) is 7.11 Å². The minimum Gasteiger partial charge on any atom is -0.496 e. The van der Waals surface area contributed by atoms with Gasteiger partial charge >= 0.3 is 0 Å². The molecule has 0 spiro atoms. The van der Waals surface area contributed by atoms with Crippen molar-refractivity contribution in [1.29, 1.82) is 0 Å². The van der Waals surface area contributed by atoms with Crippen molar-refractivity contribution < 1.29 is 4.74 Å². The van der Waals surface area contributed by atoms with Crippen molar-refractivity contribution in [3.05, 3.63) is 29.3 Å². The van der Waals surface area contributed by atoms with E-state index >= 15 is 0 Å². The Hall–Kier alpha value is -1.06. The molecule has 1 aliphatic heterocycles. The first-order chi connectivity index (χ1) is 9.74. The van der Waals surface area contributed by atoms with Gasteiger partial charge in [0, 0.05) is 18.2 Å². The van der Waals surface area contributed by atoms with Gasteiger partial charge in [-0.15, -0.1) is 0 Å². The van der Waals surface area contributed by atoms with Gasteiger partial charge < -0.3 is 10.1 Å². The lowest BCUT2D eigenvalue weighted by Gasteiger charge is -2.36. The molecule has 1 saturated heterocycles. The molecule has 3 nitrogen and oxygen atoms in total. The molecule has 20 heavy (non-hydrogen) atoms. The molecule has 112 valence electrons. The van der Waals surface area contributed by atoms with Crippen molar-refractivity contribution in [3.8, 4) is 5.75 Å². The Bertz CT molecular complexity index is 419. The smallest absolute Gasteiger partial charge is 0.123 e. The van der Waals surface area contributed by atoms with E-state index in [2.05, 4.69) is 35.3 Å². The number of nitrogens with zero attached hydrogens (tertiary/aromatic N) is 1. The number of benzene rings is 1. The Labute approximate surface area is 123 Å². The number of hydrogen-bond acceptors (Lipinski definition) is 3. The Morgan fingerprint density at radius 3 is 2.95 bits per heavy atom. The third-order valence-electron chi connectivity index (χ3n) is 4.29. The van der Waals surface area contributed by atoms with Crippen LogP contribution in [-0.2, 0) is 6.54 Å². The molecule has 0 radical (unpaired) electrons. The second-order valence-electron chi connectivity index (χ2n) is 5.83. The van der Waals surface area contributed by atoms with Gasteiger partial charge in [-0.25, -0.2) is 0 Å². The normalized spacial score (nSPS) is 20.1. The lowest BCUT2D eigenvalue weighted by atomic mass is 9.98. The van der Waals surface area contributed by atoms with Crippen LogP contribution >= 0.6 is 0 Å². The summed E-state index contributed by atoms with van der Waals surface area (Å²) in [6, 6.07) is 7.19. The first kappa shape index (κ1) is 15.3. The van der Waals surface area contributed by atoms with Crippen molar-refractivity contribution in [3.63, 3.8) is 0 Å². The summed E-state index contributed by atoms with van der Waals surface area (Å²) < 4.78 is 5.52. The van der Waals surface area contributed by atoms with Gasteiger partial charge in [0.2, 0.25) is 0 Å². The number of aryl methyl sites for hydroxylation is 1. The van der Waals surface area contributed by atoms with Gasteiger partial charge in [0.1, 0.15) is 5.75 Å². The number of hydrogen-bond donors (Lipinski definition) is 1. The van der Waals surface area contributed by atoms with Crippen LogP contribution in [0.2, 0.25) is 0 Å². The molecule has 0 aliphatic carbocycles. The summed E-state index contributed by atoms with van der Waals surface area (Å²) in [5, 5.41) is 3.28. The van der Waals surface area contributed by atoms with Crippen molar-refractivity contribution >= 4 is 0 Å². The summed E-state index contributed by atoms with van der Waals surface area (Å²) in [7, 11) is 3.81. The fourth-order valence-corrected chi connectivity index (χ4v) is 3.16. The second-order valence-corrected chi connectivity index (χ2v) is 5.83. The van der Waals surface area contributed by atoms with Gasteiger partial charge in [-0.2, -0.15) is 0 Å². The maximum Gasteiger partial charge on any atom is 0.123 e. The number of nitrogens with one attached hydrogen (secondary N) is 1. The van der Waals surface area contributed by atoms with Crippen molar-refractivity contribution in [2.75, 3.05) is 27.2 Å². The average molecular weight is 276 g/mol. The van der Waals surface area contributed by atoms with Crippen LogP contribution in [0.1, 0.15) is 36.8 Å². The number of likely N-dealkylation sites (tertiary alicyclic amines) is 1. The topological polar surface area (TPSA) is 24.5 Å². The zero-order valence-corrected chi connectivity index (χ0v) is 13.1. The highest BCUT2D eigenvalue weighted by atomic mass is 16.5. The fourth-order valence-electron chi connectivity index (χ4n) is 3.16. The summed E-state index contributed by atoms with van der Waals surface area (Å²) in [5.74, 6) is 1.02. The molecule has 1 aliphatic rings. The number of piperidine rings is 1. The molecule has 1 N–H and O–H groups in total. The van der Waals surface area contributed by atoms with Crippen LogP contribution in [0.25, 0.3) is 0 Å². The standard InChI is InChI=1S/C17H28N2O/c1-14-7-8-17(20-3)15(12-14)13-19-11-5-4-6-16(19)9-10-18-2/h7-8,12,16,18H,4-6,9-11,13H2,1-3H3. The molecule has 0 bridgehead atoms. The van der Waals surface area contributed by atoms with E-state index < -0.39 is 0 Å². The SMILES string of the molecule is CNCCC1CCCCN1Cc1cc(C)ccc1OC. The van der Waals surface area contributed by atoms with Gasteiger partial charge in [-0.1, -0.05) is 24.1 Å². The van der Waals surface area contributed by atoms with Crippen molar-refractivity contribution in [2.24, 2.45) is 0 Å². The monoisotopic (exact) mass is 276 g/mol. The first-order valence-electron chi connectivity index (χ1n) is 7.76. The van der Waals surface area contributed by atoms with E-state index in [0.29, 0.717) is 6.04 Å². The Balaban J connectivity index is 2.07. The van der Waals surface area contributed by atoms with Crippen LogP contribution in [0, 0.1) is 6.92 Å².